The van der Waals surface area contributed by atoms with E-state index in [1.165, 1.54) is 19.2 Å². The van der Waals surface area contributed by atoms with E-state index in [1.807, 2.05) is 0 Å². The molecule has 8 nitrogen and oxygen atoms in total. The van der Waals surface area contributed by atoms with Gasteiger partial charge in [-0.05, 0) is 53.9 Å². The number of nitrogens with two attached hydrogens (primary N) is 1. The van der Waals surface area contributed by atoms with Gasteiger partial charge >= 0.3 is 0 Å². The van der Waals surface area contributed by atoms with Crippen molar-refractivity contribution in [1.29, 1.82) is 0 Å². The van der Waals surface area contributed by atoms with Crippen LogP contribution in [0.15, 0.2) is 78.2 Å². The van der Waals surface area contributed by atoms with Crippen molar-refractivity contribution in [2.24, 2.45) is 5.73 Å². The van der Waals surface area contributed by atoms with Gasteiger partial charge in [-0.1, -0.05) is 12.1 Å². The van der Waals surface area contributed by atoms with Crippen LogP contribution in [0.2, 0.25) is 0 Å². The standard InChI is InChI=1S/C21H22N4O4S/c1-29-18-6-8-19(9-7-18)30(27,28)25(15-17-5-3-11-24-14-17)20(21(22)26)12-16-4-2-10-23-13-16/h2-11,13-14,20H,12,15H2,1H3,(H2,22,26). The molecule has 0 bridgehead atoms. The van der Waals surface area contributed by atoms with Crippen molar-refractivity contribution in [2.75, 3.05) is 7.11 Å². The zero-order chi connectivity index (χ0) is 21.6. The van der Waals surface area contributed by atoms with Crippen molar-refractivity contribution < 1.29 is 17.9 Å². The van der Waals surface area contributed by atoms with Crippen molar-refractivity contribution in [2.45, 2.75) is 23.9 Å². The minimum absolute atomic E-state index is 0.0321. The molecule has 3 rings (SSSR count). The fourth-order valence-corrected chi connectivity index (χ4v) is 4.59. The van der Waals surface area contributed by atoms with Crippen LogP contribution in [0.4, 0.5) is 0 Å². The Hall–Kier alpha value is -3.30. The number of ether oxygens (including phenoxy) is 1. The van der Waals surface area contributed by atoms with Gasteiger partial charge in [-0.3, -0.25) is 14.8 Å². The molecule has 0 aliphatic rings. The van der Waals surface area contributed by atoms with Crippen LogP contribution < -0.4 is 10.5 Å². The molecule has 0 aliphatic heterocycles. The topological polar surface area (TPSA) is 115 Å². The van der Waals surface area contributed by atoms with E-state index in [9.17, 15) is 13.2 Å². The van der Waals surface area contributed by atoms with Crippen LogP contribution in [0.3, 0.4) is 0 Å². The van der Waals surface area contributed by atoms with Gasteiger partial charge in [0.2, 0.25) is 15.9 Å². The number of benzene rings is 1. The normalized spacial score (nSPS) is 12.5. The SMILES string of the molecule is COc1ccc(S(=O)(=O)N(Cc2cccnc2)C(Cc2cccnc2)C(N)=O)cc1. The van der Waals surface area contributed by atoms with Crippen molar-refractivity contribution in [1.82, 2.24) is 14.3 Å². The monoisotopic (exact) mass is 426 g/mol. The van der Waals surface area contributed by atoms with Gasteiger partial charge in [0.25, 0.3) is 0 Å². The molecule has 2 aromatic heterocycles. The molecule has 2 N–H and O–H groups in total. The lowest BCUT2D eigenvalue weighted by Crippen LogP contribution is -2.48. The van der Waals surface area contributed by atoms with Crippen LogP contribution in [0.1, 0.15) is 11.1 Å². The Kier molecular flexibility index (Phi) is 6.76. The number of aromatic nitrogens is 2. The maximum absolute atomic E-state index is 13.5. The molecular weight excluding hydrogens is 404 g/mol. The van der Waals surface area contributed by atoms with Gasteiger partial charge < -0.3 is 10.5 Å². The third kappa shape index (κ3) is 5.00. The zero-order valence-corrected chi connectivity index (χ0v) is 17.2. The summed E-state index contributed by atoms with van der Waals surface area (Å²) in [4.78, 5) is 20.5. The highest BCUT2D eigenvalue weighted by atomic mass is 32.2. The van der Waals surface area contributed by atoms with Gasteiger partial charge in [0.05, 0.1) is 12.0 Å². The lowest BCUT2D eigenvalue weighted by Gasteiger charge is -2.29. The minimum atomic E-state index is -4.06. The van der Waals surface area contributed by atoms with Crippen LogP contribution in [0.5, 0.6) is 5.75 Å². The second kappa shape index (κ2) is 9.47. The highest BCUT2D eigenvalue weighted by Gasteiger charge is 2.35. The van der Waals surface area contributed by atoms with E-state index in [0.29, 0.717) is 16.9 Å². The summed E-state index contributed by atoms with van der Waals surface area (Å²) in [7, 11) is -2.56. The van der Waals surface area contributed by atoms with E-state index in [-0.39, 0.29) is 17.9 Å². The first-order chi connectivity index (χ1) is 14.4. The highest BCUT2D eigenvalue weighted by Crippen LogP contribution is 2.24. The summed E-state index contributed by atoms with van der Waals surface area (Å²) >= 11 is 0. The lowest BCUT2D eigenvalue weighted by molar-refractivity contribution is -0.121. The number of hydrogen-bond donors (Lipinski definition) is 1. The van der Waals surface area contributed by atoms with Gasteiger partial charge in [-0.25, -0.2) is 8.42 Å². The number of amides is 1. The smallest absolute Gasteiger partial charge is 0.244 e. The Morgan fingerprint density at radius 3 is 2.13 bits per heavy atom. The largest absolute Gasteiger partial charge is 0.497 e. The van der Waals surface area contributed by atoms with Crippen LogP contribution in [0, 0.1) is 0 Å². The summed E-state index contributed by atoms with van der Waals surface area (Å²) in [6.07, 6.45) is 6.42. The number of methoxy groups -OCH3 is 1. The molecule has 0 aliphatic carbocycles. The third-order valence-corrected chi connectivity index (χ3v) is 6.42. The van der Waals surface area contributed by atoms with Crippen LogP contribution >= 0.6 is 0 Å². The Labute approximate surface area is 175 Å². The van der Waals surface area contributed by atoms with Gasteiger partial charge in [0, 0.05) is 31.3 Å². The Balaban J connectivity index is 2.04. The first-order valence-electron chi connectivity index (χ1n) is 9.15. The van der Waals surface area contributed by atoms with E-state index >= 15 is 0 Å². The molecule has 1 amide bonds. The first-order valence-corrected chi connectivity index (χ1v) is 10.6. The lowest BCUT2D eigenvalue weighted by atomic mass is 10.1. The number of nitrogens with zero attached hydrogens (tertiary/aromatic N) is 3. The minimum Gasteiger partial charge on any atom is -0.497 e. The van der Waals surface area contributed by atoms with Gasteiger partial charge in [-0.15, -0.1) is 0 Å². The van der Waals surface area contributed by atoms with Gasteiger partial charge in [0.15, 0.2) is 0 Å². The predicted octanol–water partition coefficient (Wildman–Crippen LogP) is 1.77. The van der Waals surface area contributed by atoms with E-state index in [4.69, 9.17) is 10.5 Å². The van der Waals surface area contributed by atoms with Crippen LogP contribution in [-0.4, -0.2) is 41.7 Å². The molecule has 0 saturated heterocycles. The third-order valence-electron chi connectivity index (χ3n) is 4.56. The van der Waals surface area contributed by atoms with E-state index in [1.54, 1.807) is 61.2 Å². The highest BCUT2D eigenvalue weighted by molar-refractivity contribution is 7.89. The van der Waals surface area contributed by atoms with E-state index < -0.39 is 22.0 Å². The summed E-state index contributed by atoms with van der Waals surface area (Å²) in [6, 6.07) is 11.8. The van der Waals surface area contributed by atoms with E-state index in [0.717, 1.165) is 4.31 Å². The predicted molar refractivity (Wildman–Crippen MR) is 111 cm³/mol. The molecule has 0 radical (unpaired) electrons. The molecular formula is C21H22N4O4S. The second-order valence-corrected chi connectivity index (χ2v) is 8.46. The number of carbonyl (C=O) groups excluding carboxylic acids is 1. The quantitative estimate of drug-likeness (QED) is 0.558. The zero-order valence-electron chi connectivity index (χ0n) is 16.4. The Morgan fingerprint density at radius 1 is 1.03 bits per heavy atom. The molecule has 0 fully saturated rings. The molecule has 30 heavy (non-hydrogen) atoms. The maximum atomic E-state index is 13.5. The van der Waals surface area contributed by atoms with Crippen molar-refractivity contribution >= 4 is 15.9 Å². The second-order valence-electron chi connectivity index (χ2n) is 6.57. The average molecular weight is 426 g/mol. The summed E-state index contributed by atoms with van der Waals surface area (Å²) in [6.45, 7) is -0.0595. The van der Waals surface area contributed by atoms with E-state index in [2.05, 4.69) is 9.97 Å². The number of pyridine rings is 2. The summed E-state index contributed by atoms with van der Waals surface area (Å²) in [5.41, 5.74) is 6.99. The van der Waals surface area contributed by atoms with Gasteiger partial charge in [0.1, 0.15) is 11.8 Å². The number of primary amides is 1. The number of carbonyl (C=O) groups is 1. The molecule has 0 saturated carbocycles. The van der Waals surface area contributed by atoms with Crippen LogP contribution in [-0.2, 0) is 27.8 Å². The molecule has 2 heterocycles. The van der Waals surface area contributed by atoms with Crippen molar-refractivity contribution in [3.8, 4) is 5.75 Å². The summed E-state index contributed by atoms with van der Waals surface area (Å²) in [5.74, 6) is -0.227. The first kappa shape index (κ1) is 21.4. The van der Waals surface area contributed by atoms with Crippen LogP contribution in [0.25, 0.3) is 0 Å². The Morgan fingerprint density at radius 2 is 1.63 bits per heavy atom. The number of sulfonamides is 1. The molecule has 0 spiro atoms. The fraction of sp³-hybridized carbons (Fsp3) is 0.190. The number of hydrogen-bond acceptors (Lipinski definition) is 6. The van der Waals surface area contributed by atoms with Crippen molar-refractivity contribution in [3.05, 3.63) is 84.4 Å². The fourth-order valence-electron chi connectivity index (χ4n) is 3.00. The molecule has 1 atom stereocenters. The molecule has 1 aromatic carbocycles. The molecule has 3 aromatic rings. The van der Waals surface area contributed by atoms with Crippen molar-refractivity contribution in [3.63, 3.8) is 0 Å². The molecule has 156 valence electrons. The molecule has 9 heteroatoms. The maximum Gasteiger partial charge on any atom is 0.244 e. The van der Waals surface area contributed by atoms with Gasteiger partial charge in [-0.2, -0.15) is 4.31 Å². The Bertz CT molecular complexity index is 1080. The number of rotatable bonds is 9. The molecule has 1 unspecified atom stereocenters. The summed E-state index contributed by atoms with van der Waals surface area (Å²) in [5, 5.41) is 0. The average Bonchev–Trinajstić information content (AvgIpc) is 2.77. The summed E-state index contributed by atoms with van der Waals surface area (Å²) < 4.78 is 33.2.